The molecule has 0 N–H and O–H groups in total. The highest BCUT2D eigenvalue weighted by molar-refractivity contribution is 7.85. The van der Waals surface area contributed by atoms with Gasteiger partial charge in [0, 0.05) is 18.0 Å². The Bertz CT molecular complexity index is 662. The monoisotopic (exact) mass is 287 g/mol. The summed E-state index contributed by atoms with van der Waals surface area (Å²) in [5, 5.41) is 2.19. The van der Waals surface area contributed by atoms with Crippen LogP contribution in [0.5, 0.6) is 0 Å². The molecule has 3 nitrogen and oxygen atoms in total. The molecule has 0 aliphatic carbocycles. The van der Waals surface area contributed by atoms with Crippen LogP contribution >= 0.6 is 0 Å². The highest BCUT2D eigenvalue weighted by Crippen LogP contribution is 2.18. The lowest BCUT2D eigenvalue weighted by atomic mass is 10.1. The molecule has 1 aliphatic heterocycles. The third-order valence-corrected chi connectivity index (χ3v) is 4.99. The molecule has 1 atom stereocenters. The Kier molecular flexibility index (Phi) is 3.83. The van der Waals surface area contributed by atoms with E-state index in [1.807, 2.05) is 47.4 Å². The molecule has 0 bridgehead atoms. The fraction of sp³-hybridized carbons (Fsp3) is 0.312. The number of nitrogens with zero attached hydrogens (tertiary/aromatic N) is 1. The zero-order chi connectivity index (χ0) is 13.9. The first-order chi connectivity index (χ1) is 9.74. The van der Waals surface area contributed by atoms with Crippen molar-refractivity contribution in [2.75, 3.05) is 18.8 Å². The van der Waals surface area contributed by atoms with Crippen LogP contribution in [0.15, 0.2) is 47.4 Å². The molecule has 1 heterocycles. The largest absolute Gasteiger partial charge is 0.342 e. The number of rotatable bonds is 3. The zero-order valence-corrected chi connectivity index (χ0v) is 12.1. The molecule has 1 unspecified atom stereocenters. The quantitative estimate of drug-likeness (QED) is 0.870. The lowest BCUT2D eigenvalue weighted by molar-refractivity contribution is -0.127. The van der Waals surface area contributed by atoms with Crippen LogP contribution in [0.4, 0.5) is 0 Å². The van der Waals surface area contributed by atoms with Crippen LogP contribution < -0.4 is 0 Å². The smallest absolute Gasteiger partial charge is 0.235 e. The van der Waals surface area contributed by atoms with Gasteiger partial charge in [0.2, 0.25) is 5.91 Å². The molecular formula is C16H17NO2S. The Hall–Kier alpha value is -1.68. The van der Waals surface area contributed by atoms with Crippen molar-refractivity contribution in [1.82, 2.24) is 4.90 Å². The SMILES string of the molecule is O=C(CS(=O)c1ccc2ccccc2c1)N1CCCC1. The Morgan fingerprint density at radius 1 is 1.05 bits per heavy atom. The second kappa shape index (κ2) is 5.75. The van der Waals surface area contributed by atoms with E-state index in [2.05, 4.69) is 0 Å². The first-order valence-electron chi connectivity index (χ1n) is 6.89. The van der Waals surface area contributed by atoms with E-state index in [9.17, 15) is 9.00 Å². The van der Waals surface area contributed by atoms with Crippen molar-refractivity contribution >= 4 is 27.5 Å². The van der Waals surface area contributed by atoms with Crippen LogP contribution in [0.3, 0.4) is 0 Å². The number of likely N-dealkylation sites (tertiary alicyclic amines) is 1. The summed E-state index contributed by atoms with van der Waals surface area (Å²) < 4.78 is 12.3. The van der Waals surface area contributed by atoms with Gasteiger partial charge in [-0.25, -0.2) is 0 Å². The molecule has 0 radical (unpaired) electrons. The number of carbonyl (C=O) groups excluding carboxylic acids is 1. The summed E-state index contributed by atoms with van der Waals surface area (Å²) in [6.07, 6.45) is 2.13. The van der Waals surface area contributed by atoms with E-state index in [1.54, 1.807) is 0 Å². The molecular weight excluding hydrogens is 270 g/mol. The average molecular weight is 287 g/mol. The van der Waals surface area contributed by atoms with Crippen LogP contribution in [-0.4, -0.2) is 33.9 Å². The molecule has 1 amide bonds. The fourth-order valence-corrected chi connectivity index (χ4v) is 3.61. The highest BCUT2D eigenvalue weighted by Gasteiger charge is 2.20. The van der Waals surface area contributed by atoms with Gasteiger partial charge in [-0.15, -0.1) is 0 Å². The van der Waals surface area contributed by atoms with E-state index < -0.39 is 10.8 Å². The summed E-state index contributed by atoms with van der Waals surface area (Å²) >= 11 is 0. The first-order valence-corrected chi connectivity index (χ1v) is 8.21. The summed E-state index contributed by atoms with van der Waals surface area (Å²) in [6.45, 7) is 1.63. The first kappa shape index (κ1) is 13.3. The number of carbonyl (C=O) groups is 1. The molecule has 3 rings (SSSR count). The van der Waals surface area contributed by atoms with Gasteiger partial charge in [0.25, 0.3) is 0 Å². The second-order valence-electron chi connectivity index (χ2n) is 5.09. The van der Waals surface area contributed by atoms with Gasteiger partial charge in [-0.2, -0.15) is 0 Å². The van der Waals surface area contributed by atoms with Crippen molar-refractivity contribution in [1.29, 1.82) is 0 Å². The third-order valence-electron chi connectivity index (χ3n) is 3.70. The van der Waals surface area contributed by atoms with Gasteiger partial charge < -0.3 is 4.90 Å². The minimum Gasteiger partial charge on any atom is -0.342 e. The molecule has 104 valence electrons. The van der Waals surface area contributed by atoms with Crippen molar-refractivity contribution in [3.05, 3.63) is 42.5 Å². The minimum atomic E-state index is -1.26. The molecule has 2 aromatic rings. The second-order valence-corrected chi connectivity index (χ2v) is 6.54. The van der Waals surface area contributed by atoms with Gasteiger partial charge in [-0.3, -0.25) is 9.00 Å². The van der Waals surface area contributed by atoms with Crippen molar-refractivity contribution in [2.45, 2.75) is 17.7 Å². The maximum atomic E-state index is 12.3. The zero-order valence-electron chi connectivity index (χ0n) is 11.2. The van der Waals surface area contributed by atoms with E-state index in [0.29, 0.717) is 0 Å². The Morgan fingerprint density at radius 3 is 2.50 bits per heavy atom. The number of hydrogen-bond acceptors (Lipinski definition) is 2. The molecule has 4 heteroatoms. The van der Waals surface area contributed by atoms with Crippen LogP contribution in [0.1, 0.15) is 12.8 Å². The van der Waals surface area contributed by atoms with Crippen LogP contribution in [0, 0.1) is 0 Å². The lowest BCUT2D eigenvalue weighted by Gasteiger charge is -2.14. The summed E-state index contributed by atoms with van der Waals surface area (Å²) in [6, 6.07) is 13.7. The third kappa shape index (κ3) is 2.75. The van der Waals surface area contributed by atoms with Gasteiger partial charge >= 0.3 is 0 Å². The number of fused-ring (bicyclic) bond motifs is 1. The van der Waals surface area contributed by atoms with Crippen LogP contribution in [-0.2, 0) is 15.6 Å². The Balaban J connectivity index is 1.76. The average Bonchev–Trinajstić information content (AvgIpc) is 3.01. The minimum absolute atomic E-state index is 0.00833. The predicted molar refractivity (Wildman–Crippen MR) is 81.0 cm³/mol. The van der Waals surface area contributed by atoms with Crippen molar-refractivity contribution in [2.24, 2.45) is 0 Å². The predicted octanol–water partition coefficient (Wildman–Crippen LogP) is 2.57. The van der Waals surface area contributed by atoms with Gasteiger partial charge in [0.05, 0.1) is 10.8 Å². The normalized spacial score (nSPS) is 16.5. The van der Waals surface area contributed by atoms with Gasteiger partial charge in [-0.1, -0.05) is 30.3 Å². The molecule has 0 aromatic heterocycles. The number of benzene rings is 2. The van der Waals surface area contributed by atoms with E-state index in [4.69, 9.17) is 0 Å². The summed E-state index contributed by atoms with van der Waals surface area (Å²) in [7, 11) is -1.26. The maximum Gasteiger partial charge on any atom is 0.235 e. The Morgan fingerprint density at radius 2 is 1.75 bits per heavy atom. The van der Waals surface area contributed by atoms with Crippen LogP contribution in [0.25, 0.3) is 10.8 Å². The Labute approximate surface area is 121 Å². The molecule has 1 aliphatic rings. The molecule has 1 fully saturated rings. The highest BCUT2D eigenvalue weighted by atomic mass is 32.2. The van der Waals surface area contributed by atoms with Gasteiger partial charge in [0.15, 0.2) is 0 Å². The standard InChI is InChI=1S/C16H17NO2S/c18-16(17-9-3-4-10-17)12-20(19)15-8-7-13-5-1-2-6-14(13)11-15/h1-2,5-8,11H,3-4,9-10,12H2. The number of hydrogen-bond donors (Lipinski definition) is 0. The molecule has 1 saturated heterocycles. The van der Waals surface area contributed by atoms with Crippen LogP contribution in [0.2, 0.25) is 0 Å². The van der Waals surface area contributed by atoms with Gasteiger partial charge in [-0.05, 0) is 35.7 Å². The van der Waals surface area contributed by atoms with Gasteiger partial charge in [0.1, 0.15) is 5.75 Å². The molecule has 20 heavy (non-hydrogen) atoms. The van der Waals surface area contributed by atoms with E-state index in [-0.39, 0.29) is 11.7 Å². The van der Waals surface area contributed by atoms with E-state index >= 15 is 0 Å². The topological polar surface area (TPSA) is 37.4 Å². The number of amides is 1. The van der Waals surface area contributed by atoms with E-state index in [0.717, 1.165) is 41.6 Å². The maximum absolute atomic E-state index is 12.3. The van der Waals surface area contributed by atoms with Crippen molar-refractivity contribution < 1.29 is 9.00 Å². The molecule has 0 spiro atoms. The lowest BCUT2D eigenvalue weighted by Crippen LogP contribution is -2.31. The summed E-state index contributed by atoms with van der Waals surface area (Å²) in [5.74, 6) is 0.104. The molecule has 2 aromatic carbocycles. The van der Waals surface area contributed by atoms with Crippen molar-refractivity contribution in [3.63, 3.8) is 0 Å². The molecule has 0 saturated carbocycles. The summed E-state index contributed by atoms with van der Waals surface area (Å²) in [5.41, 5.74) is 0. The van der Waals surface area contributed by atoms with E-state index in [1.165, 1.54) is 0 Å². The summed E-state index contributed by atoms with van der Waals surface area (Å²) in [4.78, 5) is 14.6. The van der Waals surface area contributed by atoms with Crippen molar-refractivity contribution in [3.8, 4) is 0 Å². The fourth-order valence-electron chi connectivity index (χ4n) is 2.56.